The van der Waals surface area contributed by atoms with Crippen LogP contribution in [-0.2, 0) is 23.6 Å². The number of methoxy groups -OCH3 is 1. The highest BCUT2D eigenvalue weighted by molar-refractivity contribution is 7.97. The van der Waals surface area contributed by atoms with E-state index in [-0.39, 0.29) is 18.3 Å². The van der Waals surface area contributed by atoms with E-state index in [0.29, 0.717) is 19.0 Å². The van der Waals surface area contributed by atoms with Crippen molar-refractivity contribution in [3.05, 3.63) is 65.0 Å². The first-order valence-electron chi connectivity index (χ1n) is 9.16. The van der Waals surface area contributed by atoms with Crippen molar-refractivity contribution in [1.29, 1.82) is 0 Å². The van der Waals surface area contributed by atoms with Crippen LogP contribution in [0.15, 0.2) is 47.5 Å². The molecule has 29 heavy (non-hydrogen) atoms. The van der Waals surface area contributed by atoms with Crippen molar-refractivity contribution in [2.45, 2.75) is 18.8 Å². The van der Waals surface area contributed by atoms with Gasteiger partial charge in [0.05, 0.1) is 13.7 Å². The van der Waals surface area contributed by atoms with E-state index < -0.39 is 0 Å². The number of halogens is 1. The number of hydrogen-bond acceptors (Lipinski definition) is 4. The number of aliphatic imine (C=N–C) groups is 1. The van der Waals surface area contributed by atoms with Crippen LogP contribution in [0, 0.1) is 5.82 Å². The number of carbonyl (C=O) groups is 1. The summed E-state index contributed by atoms with van der Waals surface area (Å²) in [7, 11) is 3.25. The van der Waals surface area contributed by atoms with E-state index >= 15 is 0 Å². The molecule has 2 aromatic carbocycles. The van der Waals surface area contributed by atoms with Gasteiger partial charge in [0.1, 0.15) is 11.6 Å². The molecule has 0 spiro atoms. The largest absolute Gasteiger partial charge is 0.497 e. The second-order valence-electron chi connectivity index (χ2n) is 6.25. The van der Waals surface area contributed by atoms with E-state index in [1.54, 1.807) is 38.1 Å². The Morgan fingerprint density at radius 2 is 1.83 bits per heavy atom. The summed E-state index contributed by atoms with van der Waals surface area (Å²) in [5.74, 6) is 1.62. The molecular weight excluding hydrogens is 391 g/mol. The number of thioether (sulfide) groups is 1. The van der Waals surface area contributed by atoms with Crippen molar-refractivity contribution in [1.82, 2.24) is 16.0 Å². The normalized spacial score (nSPS) is 11.1. The first kappa shape index (κ1) is 22.5. The minimum Gasteiger partial charge on any atom is -0.497 e. The van der Waals surface area contributed by atoms with Gasteiger partial charge >= 0.3 is 0 Å². The number of nitrogens with one attached hydrogen (secondary N) is 3. The Morgan fingerprint density at radius 3 is 2.48 bits per heavy atom. The van der Waals surface area contributed by atoms with Crippen molar-refractivity contribution in [2.75, 3.05) is 27.0 Å². The minimum atomic E-state index is -0.242. The van der Waals surface area contributed by atoms with E-state index in [9.17, 15) is 9.18 Å². The minimum absolute atomic E-state index is 0.0942. The lowest BCUT2D eigenvalue weighted by Gasteiger charge is -2.14. The lowest BCUT2D eigenvalue weighted by Crippen LogP contribution is -2.42. The van der Waals surface area contributed by atoms with Gasteiger partial charge in [0.15, 0.2) is 5.96 Å². The van der Waals surface area contributed by atoms with Gasteiger partial charge in [-0.3, -0.25) is 9.79 Å². The number of carbonyl (C=O) groups excluding carboxylic acids is 1. The summed E-state index contributed by atoms with van der Waals surface area (Å²) in [4.78, 5) is 16.2. The average molecular weight is 419 g/mol. The number of hydrogen-bond donors (Lipinski definition) is 3. The van der Waals surface area contributed by atoms with Gasteiger partial charge in [-0.05, 0) is 47.2 Å². The molecule has 0 heterocycles. The van der Waals surface area contributed by atoms with Gasteiger partial charge in [-0.1, -0.05) is 18.2 Å². The van der Waals surface area contributed by atoms with Crippen molar-refractivity contribution >= 4 is 23.6 Å². The summed E-state index contributed by atoms with van der Waals surface area (Å²) in [6.45, 7) is 1.02. The molecule has 0 aliphatic carbocycles. The number of nitrogens with zero attached hydrogens (tertiary/aromatic N) is 1. The number of ether oxygens (including phenoxy) is 1. The topological polar surface area (TPSA) is 74.8 Å². The number of guanidine groups is 1. The van der Waals surface area contributed by atoms with Crippen molar-refractivity contribution in [3.8, 4) is 5.75 Å². The quantitative estimate of drug-likeness (QED) is 0.431. The summed E-state index contributed by atoms with van der Waals surface area (Å²) < 4.78 is 18.6. The summed E-state index contributed by atoms with van der Waals surface area (Å²) in [6.07, 6.45) is 1.98. The molecule has 0 radical (unpaired) electrons. The number of benzene rings is 2. The molecule has 0 aliphatic heterocycles. The summed E-state index contributed by atoms with van der Waals surface area (Å²) in [6, 6.07) is 12.3. The van der Waals surface area contributed by atoms with E-state index in [1.807, 2.05) is 30.5 Å². The first-order valence-corrected chi connectivity index (χ1v) is 10.6. The van der Waals surface area contributed by atoms with E-state index in [2.05, 4.69) is 20.9 Å². The third kappa shape index (κ3) is 7.65. The van der Waals surface area contributed by atoms with Crippen LogP contribution in [0.1, 0.15) is 16.7 Å². The zero-order chi connectivity index (χ0) is 21.1. The third-order valence-corrected chi connectivity index (χ3v) is 4.80. The van der Waals surface area contributed by atoms with Crippen LogP contribution in [0.3, 0.4) is 0 Å². The van der Waals surface area contributed by atoms with E-state index in [0.717, 1.165) is 28.2 Å². The molecule has 156 valence electrons. The van der Waals surface area contributed by atoms with Gasteiger partial charge in [0.2, 0.25) is 5.91 Å². The molecule has 0 atom stereocenters. The predicted octanol–water partition coefficient (Wildman–Crippen LogP) is 2.68. The molecule has 1 amide bonds. The van der Waals surface area contributed by atoms with Crippen LogP contribution >= 0.6 is 11.8 Å². The fourth-order valence-corrected chi connectivity index (χ4v) is 3.21. The molecule has 0 aliphatic rings. The highest BCUT2D eigenvalue weighted by Gasteiger charge is 2.07. The standard InChI is InChI=1S/C21H27FN4O2S/c1-23-21(25-12-16-6-7-18(22)10-17(16)14-29-3)26-13-20(27)24-11-15-4-8-19(28-2)9-5-15/h4-10H,11-14H2,1-3H3,(H,24,27)(H2,23,25,26). The lowest BCUT2D eigenvalue weighted by molar-refractivity contribution is -0.120. The van der Waals surface area contributed by atoms with Gasteiger partial charge in [-0.15, -0.1) is 0 Å². The fraction of sp³-hybridized carbons (Fsp3) is 0.333. The number of rotatable bonds is 9. The predicted molar refractivity (Wildman–Crippen MR) is 117 cm³/mol. The second-order valence-corrected chi connectivity index (χ2v) is 7.12. The highest BCUT2D eigenvalue weighted by Crippen LogP contribution is 2.16. The molecule has 0 unspecified atom stereocenters. The molecule has 0 fully saturated rings. The summed E-state index contributed by atoms with van der Waals surface area (Å²) in [5.41, 5.74) is 2.92. The Kier molecular flexibility index (Phi) is 9.30. The molecular formula is C21H27FN4O2S. The Labute approximate surface area is 175 Å². The monoisotopic (exact) mass is 418 g/mol. The van der Waals surface area contributed by atoms with Gasteiger partial charge in [0.25, 0.3) is 0 Å². The van der Waals surface area contributed by atoms with Crippen LogP contribution in [-0.4, -0.2) is 38.8 Å². The summed E-state index contributed by atoms with van der Waals surface area (Å²) >= 11 is 1.64. The van der Waals surface area contributed by atoms with Crippen molar-refractivity contribution in [3.63, 3.8) is 0 Å². The Bertz CT molecular complexity index is 828. The molecule has 2 aromatic rings. The Hall–Kier alpha value is -2.74. The Balaban J connectivity index is 1.79. The maximum atomic E-state index is 13.5. The number of amides is 1. The fourth-order valence-electron chi connectivity index (χ4n) is 2.63. The van der Waals surface area contributed by atoms with Crippen molar-refractivity contribution < 1.29 is 13.9 Å². The molecule has 6 nitrogen and oxygen atoms in total. The van der Waals surface area contributed by atoms with Gasteiger partial charge in [0, 0.05) is 25.9 Å². The van der Waals surface area contributed by atoms with Crippen molar-refractivity contribution in [2.24, 2.45) is 4.99 Å². The summed E-state index contributed by atoms with van der Waals surface area (Å²) in [5, 5.41) is 9.00. The first-order chi connectivity index (χ1) is 14.0. The molecule has 0 bridgehead atoms. The smallest absolute Gasteiger partial charge is 0.239 e. The van der Waals surface area contributed by atoms with Crippen LogP contribution in [0.25, 0.3) is 0 Å². The van der Waals surface area contributed by atoms with E-state index in [1.165, 1.54) is 6.07 Å². The molecule has 8 heteroatoms. The molecule has 0 saturated heterocycles. The SMILES string of the molecule is CN=C(NCC(=O)NCc1ccc(OC)cc1)NCc1ccc(F)cc1CSC. The molecule has 0 aromatic heterocycles. The van der Waals surface area contributed by atoms with E-state index in [4.69, 9.17) is 4.74 Å². The maximum absolute atomic E-state index is 13.5. The van der Waals surface area contributed by atoms with Crippen LogP contribution in [0.4, 0.5) is 4.39 Å². The van der Waals surface area contributed by atoms with Gasteiger partial charge < -0.3 is 20.7 Å². The third-order valence-electron chi connectivity index (χ3n) is 4.20. The molecule has 3 N–H and O–H groups in total. The molecule has 2 rings (SSSR count). The lowest BCUT2D eigenvalue weighted by atomic mass is 10.1. The zero-order valence-corrected chi connectivity index (χ0v) is 17.7. The molecule has 0 saturated carbocycles. The van der Waals surface area contributed by atoms with Gasteiger partial charge in [-0.2, -0.15) is 11.8 Å². The maximum Gasteiger partial charge on any atom is 0.239 e. The highest BCUT2D eigenvalue weighted by atomic mass is 32.2. The zero-order valence-electron chi connectivity index (χ0n) is 16.9. The average Bonchev–Trinajstić information content (AvgIpc) is 2.74. The Morgan fingerprint density at radius 1 is 1.07 bits per heavy atom. The van der Waals surface area contributed by atoms with Crippen LogP contribution in [0.2, 0.25) is 0 Å². The van der Waals surface area contributed by atoms with Crippen LogP contribution < -0.4 is 20.7 Å². The second kappa shape index (κ2) is 12.0. The van der Waals surface area contributed by atoms with Crippen LogP contribution in [0.5, 0.6) is 5.75 Å². The van der Waals surface area contributed by atoms with Gasteiger partial charge in [-0.25, -0.2) is 4.39 Å².